The van der Waals surface area contributed by atoms with Crippen LogP contribution in [0.5, 0.6) is 5.75 Å². The number of hydrogen-bond acceptors (Lipinski definition) is 4. The minimum atomic E-state index is -0.0967. The standard InChI is InChI=1S/C13H9ClO3S/c14-10-6-9(7-15)3-4-12(10)17-8-11(16)13-2-1-5-18-13/h1-7H,8H2. The molecule has 0 amide bonds. The Bertz CT molecular complexity index is 564. The van der Waals surface area contributed by atoms with E-state index < -0.39 is 0 Å². The predicted octanol–water partition coefficient (Wildman–Crippen LogP) is 3.48. The van der Waals surface area contributed by atoms with E-state index in [9.17, 15) is 9.59 Å². The van der Waals surface area contributed by atoms with Crippen LogP contribution >= 0.6 is 22.9 Å². The Balaban J connectivity index is 2.02. The Labute approximate surface area is 113 Å². The van der Waals surface area contributed by atoms with Gasteiger partial charge in [0, 0.05) is 5.56 Å². The van der Waals surface area contributed by atoms with Crippen molar-refractivity contribution in [1.82, 2.24) is 0 Å². The van der Waals surface area contributed by atoms with Crippen molar-refractivity contribution >= 4 is 35.0 Å². The molecule has 0 aliphatic carbocycles. The predicted molar refractivity (Wildman–Crippen MR) is 71.0 cm³/mol. The molecule has 0 aliphatic rings. The molecule has 1 heterocycles. The number of ether oxygens (including phenoxy) is 1. The molecule has 2 rings (SSSR count). The number of aldehydes is 1. The maximum Gasteiger partial charge on any atom is 0.210 e. The molecule has 1 aromatic heterocycles. The van der Waals surface area contributed by atoms with Crippen LogP contribution in [0, 0.1) is 0 Å². The SMILES string of the molecule is O=Cc1ccc(OCC(=O)c2cccs2)c(Cl)c1. The maximum atomic E-state index is 11.7. The van der Waals surface area contributed by atoms with Gasteiger partial charge >= 0.3 is 0 Å². The molecule has 0 saturated heterocycles. The van der Waals surface area contributed by atoms with Gasteiger partial charge in [0.05, 0.1) is 9.90 Å². The molecule has 0 saturated carbocycles. The molecule has 5 heteroatoms. The lowest BCUT2D eigenvalue weighted by Gasteiger charge is -2.06. The van der Waals surface area contributed by atoms with Gasteiger partial charge in [0.2, 0.25) is 5.78 Å². The first-order valence-electron chi connectivity index (χ1n) is 5.15. The van der Waals surface area contributed by atoms with Gasteiger partial charge in [-0.2, -0.15) is 0 Å². The van der Waals surface area contributed by atoms with E-state index in [0.29, 0.717) is 27.5 Å². The third-order valence-corrected chi connectivity index (χ3v) is 3.45. The Kier molecular flexibility index (Phi) is 4.12. The number of benzene rings is 1. The fourth-order valence-corrected chi connectivity index (χ4v) is 2.25. The Morgan fingerprint density at radius 3 is 2.83 bits per heavy atom. The monoisotopic (exact) mass is 280 g/mol. The molecule has 0 spiro atoms. The summed E-state index contributed by atoms with van der Waals surface area (Å²) >= 11 is 7.29. The van der Waals surface area contributed by atoms with Crippen molar-refractivity contribution in [2.75, 3.05) is 6.61 Å². The first-order valence-corrected chi connectivity index (χ1v) is 6.40. The number of halogens is 1. The summed E-state index contributed by atoms with van der Waals surface area (Å²) in [4.78, 5) is 22.9. The molecule has 3 nitrogen and oxygen atoms in total. The van der Waals surface area contributed by atoms with E-state index in [1.165, 1.54) is 17.4 Å². The summed E-state index contributed by atoms with van der Waals surface area (Å²) < 4.78 is 5.33. The summed E-state index contributed by atoms with van der Waals surface area (Å²) in [5.41, 5.74) is 0.469. The van der Waals surface area contributed by atoms with Gasteiger partial charge in [0.15, 0.2) is 6.61 Å². The summed E-state index contributed by atoms with van der Waals surface area (Å²) in [6, 6.07) is 8.22. The number of ketones is 1. The largest absolute Gasteiger partial charge is 0.484 e. The van der Waals surface area contributed by atoms with Gasteiger partial charge in [-0.15, -0.1) is 11.3 Å². The Hall–Kier alpha value is -1.65. The van der Waals surface area contributed by atoms with Gasteiger partial charge in [-0.05, 0) is 29.6 Å². The number of thiophene rings is 1. The third-order valence-electron chi connectivity index (χ3n) is 2.25. The number of rotatable bonds is 5. The van der Waals surface area contributed by atoms with Crippen molar-refractivity contribution in [1.29, 1.82) is 0 Å². The maximum absolute atomic E-state index is 11.7. The highest BCUT2D eigenvalue weighted by Crippen LogP contribution is 2.25. The van der Waals surface area contributed by atoms with Crippen LogP contribution in [-0.2, 0) is 0 Å². The van der Waals surface area contributed by atoms with Crippen LogP contribution < -0.4 is 4.74 Å². The van der Waals surface area contributed by atoms with Gasteiger partial charge in [-0.1, -0.05) is 17.7 Å². The third kappa shape index (κ3) is 2.97. The van der Waals surface area contributed by atoms with E-state index in [1.54, 1.807) is 18.2 Å². The van der Waals surface area contributed by atoms with Crippen molar-refractivity contribution in [2.45, 2.75) is 0 Å². The van der Waals surface area contributed by atoms with Crippen molar-refractivity contribution in [3.05, 3.63) is 51.2 Å². The van der Waals surface area contributed by atoms with Gasteiger partial charge in [-0.25, -0.2) is 0 Å². The van der Waals surface area contributed by atoms with E-state index in [2.05, 4.69) is 0 Å². The minimum Gasteiger partial charge on any atom is -0.484 e. The first-order chi connectivity index (χ1) is 8.70. The average Bonchev–Trinajstić information content (AvgIpc) is 2.90. The average molecular weight is 281 g/mol. The van der Waals surface area contributed by atoms with Crippen LogP contribution in [-0.4, -0.2) is 18.7 Å². The van der Waals surface area contributed by atoms with Gasteiger partial charge < -0.3 is 4.74 Å². The molecule has 0 unspecified atom stereocenters. The Morgan fingerprint density at radius 1 is 1.39 bits per heavy atom. The van der Waals surface area contributed by atoms with E-state index >= 15 is 0 Å². The first kappa shape index (κ1) is 12.8. The van der Waals surface area contributed by atoms with Crippen molar-refractivity contribution < 1.29 is 14.3 Å². The number of Topliss-reactive ketones (excluding diaryl/α,β-unsaturated/α-hetero) is 1. The molecule has 0 atom stereocenters. The highest BCUT2D eigenvalue weighted by atomic mass is 35.5. The van der Waals surface area contributed by atoms with Crippen molar-refractivity contribution in [3.63, 3.8) is 0 Å². The van der Waals surface area contributed by atoms with E-state index in [1.807, 2.05) is 11.4 Å². The summed E-state index contributed by atoms with van der Waals surface area (Å²) in [5, 5.41) is 2.15. The minimum absolute atomic E-state index is 0.0688. The van der Waals surface area contributed by atoms with Crippen LogP contribution in [0.2, 0.25) is 5.02 Å². The van der Waals surface area contributed by atoms with Crippen molar-refractivity contribution in [2.24, 2.45) is 0 Å². The lowest BCUT2D eigenvalue weighted by Crippen LogP contribution is -2.10. The molecule has 0 aliphatic heterocycles. The van der Waals surface area contributed by atoms with Crippen LogP contribution in [0.25, 0.3) is 0 Å². The molecule has 0 N–H and O–H groups in total. The van der Waals surface area contributed by atoms with Gasteiger partial charge in [-0.3, -0.25) is 9.59 Å². The molecule has 92 valence electrons. The second-order valence-electron chi connectivity index (χ2n) is 3.50. The van der Waals surface area contributed by atoms with Crippen LogP contribution in [0.15, 0.2) is 35.7 Å². The zero-order valence-electron chi connectivity index (χ0n) is 9.26. The normalized spacial score (nSPS) is 10.1. The molecule has 0 fully saturated rings. The highest BCUT2D eigenvalue weighted by molar-refractivity contribution is 7.12. The highest BCUT2D eigenvalue weighted by Gasteiger charge is 2.09. The summed E-state index contributed by atoms with van der Waals surface area (Å²) in [7, 11) is 0. The topological polar surface area (TPSA) is 43.4 Å². The fourth-order valence-electron chi connectivity index (χ4n) is 1.36. The summed E-state index contributed by atoms with van der Waals surface area (Å²) in [6.45, 7) is -0.0688. The second-order valence-corrected chi connectivity index (χ2v) is 4.85. The van der Waals surface area contributed by atoms with E-state index in [0.717, 1.165) is 0 Å². The molecule has 1 aromatic carbocycles. The number of hydrogen-bond donors (Lipinski definition) is 0. The molecule has 2 aromatic rings. The quantitative estimate of drug-likeness (QED) is 0.622. The number of carbonyl (C=O) groups excluding carboxylic acids is 2. The van der Waals surface area contributed by atoms with Crippen LogP contribution in [0.1, 0.15) is 20.0 Å². The van der Waals surface area contributed by atoms with Gasteiger partial charge in [0.1, 0.15) is 12.0 Å². The van der Waals surface area contributed by atoms with Crippen LogP contribution in [0.4, 0.5) is 0 Å². The molecular formula is C13H9ClO3S. The zero-order chi connectivity index (χ0) is 13.0. The number of carbonyl (C=O) groups is 2. The molecular weight excluding hydrogens is 272 g/mol. The summed E-state index contributed by atoms with van der Waals surface area (Å²) in [6.07, 6.45) is 0.701. The molecule has 0 bridgehead atoms. The molecule has 18 heavy (non-hydrogen) atoms. The lowest BCUT2D eigenvalue weighted by atomic mass is 10.2. The zero-order valence-corrected chi connectivity index (χ0v) is 10.8. The fraction of sp³-hybridized carbons (Fsp3) is 0.0769. The molecule has 0 radical (unpaired) electrons. The van der Waals surface area contributed by atoms with Crippen molar-refractivity contribution in [3.8, 4) is 5.75 Å². The Morgan fingerprint density at radius 2 is 2.22 bits per heavy atom. The lowest BCUT2D eigenvalue weighted by molar-refractivity contribution is 0.0925. The summed E-state index contributed by atoms with van der Waals surface area (Å²) in [5.74, 6) is 0.299. The van der Waals surface area contributed by atoms with Gasteiger partial charge in [0.25, 0.3) is 0 Å². The van der Waals surface area contributed by atoms with E-state index in [4.69, 9.17) is 16.3 Å². The van der Waals surface area contributed by atoms with Crippen LogP contribution in [0.3, 0.4) is 0 Å². The van der Waals surface area contributed by atoms with E-state index in [-0.39, 0.29) is 12.4 Å². The smallest absolute Gasteiger partial charge is 0.210 e. The second kappa shape index (κ2) is 5.80.